The molecule has 2 aliphatic heterocycles. The van der Waals surface area contributed by atoms with Crippen molar-refractivity contribution in [3.05, 3.63) is 23.8 Å². The largest absolute Gasteiger partial charge is 0.490 e. The fraction of sp³-hybridized carbons (Fsp3) is 0.538. The molecule has 2 heterocycles. The third-order valence-corrected chi connectivity index (χ3v) is 3.23. The first-order valence-electron chi connectivity index (χ1n) is 6.21. The maximum atomic E-state index is 5.57. The molecule has 17 heavy (non-hydrogen) atoms. The number of rotatable bonds is 2. The number of morpholine rings is 1. The number of benzene rings is 1. The summed E-state index contributed by atoms with van der Waals surface area (Å²) in [7, 11) is 0. The molecular formula is C13H18N2O2. The van der Waals surface area contributed by atoms with Gasteiger partial charge in [0.05, 0.1) is 18.9 Å². The van der Waals surface area contributed by atoms with E-state index >= 15 is 0 Å². The van der Waals surface area contributed by atoms with E-state index in [2.05, 4.69) is 28.4 Å². The zero-order chi connectivity index (χ0) is 11.5. The van der Waals surface area contributed by atoms with Crippen LogP contribution in [0.25, 0.3) is 0 Å². The molecule has 92 valence electrons. The molecule has 0 atom stereocenters. The Bertz CT molecular complexity index is 389. The fourth-order valence-electron chi connectivity index (χ4n) is 2.30. The van der Waals surface area contributed by atoms with Gasteiger partial charge in [-0.1, -0.05) is 6.07 Å². The third-order valence-electron chi connectivity index (χ3n) is 3.23. The summed E-state index contributed by atoms with van der Waals surface area (Å²) in [5.41, 5.74) is 2.46. The molecule has 0 aromatic heterocycles. The molecule has 0 radical (unpaired) electrons. The molecule has 4 heteroatoms. The van der Waals surface area contributed by atoms with Gasteiger partial charge in [-0.25, -0.2) is 0 Å². The van der Waals surface area contributed by atoms with Crippen LogP contribution in [0.4, 0.5) is 5.69 Å². The molecule has 1 aromatic carbocycles. The van der Waals surface area contributed by atoms with E-state index in [9.17, 15) is 0 Å². The number of nitrogens with zero attached hydrogens (tertiary/aromatic N) is 1. The van der Waals surface area contributed by atoms with Crippen LogP contribution < -0.4 is 10.1 Å². The molecule has 3 rings (SSSR count). The summed E-state index contributed by atoms with van der Waals surface area (Å²) in [6, 6.07) is 6.42. The maximum Gasteiger partial charge on any atom is 0.142 e. The first-order chi connectivity index (χ1) is 8.42. The topological polar surface area (TPSA) is 33.7 Å². The number of hydrogen-bond donors (Lipinski definition) is 1. The molecule has 1 aromatic rings. The first kappa shape index (κ1) is 10.9. The summed E-state index contributed by atoms with van der Waals surface area (Å²) in [4.78, 5) is 2.43. The van der Waals surface area contributed by atoms with Crippen LogP contribution in [0.15, 0.2) is 18.2 Å². The van der Waals surface area contributed by atoms with Gasteiger partial charge in [0, 0.05) is 26.2 Å². The highest BCUT2D eigenvalue weighted by Crippen LogP contribution is 2.28. The molecule has 0 spiro atoms. The Balaban J connectivity index is 1.70. The number of nitrogens with one attached hydrogen (secondary N) is 1. The molecule has 0 bridgehead atoms. The lowest BCUT2D eigenvalue weighted by Crippen LogP contribution is -2.35. The van der Waals surface area contributed by atoms with E-state index in [0.29, 0.717) is 0 Å². The van der Waals surface area contributed by atoms with E-state index in [0.717, 1.165) is 57.4 Å². The summed E-state index contributed by atoms with van der Waals surface area (Å²) in [6.45, 7) is 6.42. The predicted molar refractivity (Wildman–Crippen MR) is 66.5 cm³/mol. The van der Waals surface area contributed by atoms with Crippen molar-refractivity contribution in [2.75, 3.05) is 44.8 Å². The minimum atomic E-state index is 0.760. The van der Waals surface area contributed by atoms with Gasteiger partial charge in [-0.2, -0.15) is 0 Å². The molecule has 2 aliphatic rings. The number of fused-ring (bicyclic) bond motifs is 1. The van der Waals surface area contributed by atoms with Gasteiger partial charge in [-0.15, -0.1) is 0 Å². The minimum absolute atomic E-state index is 0.760. The first-order valence-corrected chi connectivity index (χ1v) is 6.21. The van der Waals surface area contributed by atoms with Gasteiger partial charge in [0.1, 0.15) is 12.4 Å². The summed E-state index contributed by atoms with van der Waals surface area (Å²) < 4.78 is 10.9. The number of hydrogen-bond acceptors (Lipinski definition) is 4. The smallest absolute Gasteiger partial charge is 0.142 e. The van der Waals surface area contributed by atoms with E-state index in [4.69, 9.17) is 9.47 Å². The van der Waals surface area contributed by atoms with Crippen molar-refractivity contribution in [1.82, 2.24) is 4.90 Å². The lowest BCUT2D eigenvalue weighted by molar-refractivity contribution is 0.0342. The molecule has 0 saturated carbocycles. The van der Waals surface area contributed by atoms with Crippen molar-refractivity contribution in [2.45, 2.75) is 6.54 Å². The van der Waals surface area contributed by atoms with Crippen molar-refractivity contribution in [3.63, 3.8) is 0 Å². The summed E-state index contributed by atoms with van der Waals surface area (Å²) in [6.07, 6.45) is 0. The predicted octanol–water partition coefficient (Wildman–Crippen LogP) is 1.32. The van der Waals surface area contributed by atoms with E-state index in [1.165, 1.54) is 5.56 Å². The van der Waals surface area contributed by atoms with Gasteiger partial charge >= 0.3 is 0 Å². The molecule has 4 nitrogen and oxygen atoms in total. The highest BCUT2D eigenvalue weighted by Gasteiger charge is 2.13. The fourth-order valence-corrected chi connectivity index (χ4v) is 2.30. The molecular weight excluding hydrogens is 216 g/mol. The van der Waals surface area contributed by atoms with Crippen molar-refractivity contribution in [3.8, 4) is 5.75 Å². The quantitative estimate of drug-likeness (QED) is 0.837. The lowest BCUT2D eigenvalue weighted by atomic mass is 10.1. The van der Waals surface area contributed by atoms with Crippen LogP contribution in [-0.4, -0.2) is 44.4 Å². The van der Waals surface area contributed by atoms with Crippen molar-refractivity contribution >= 4 is 5.69 Å². The van der Waals surface area contributed by atoms with Gasteiger partial charge in [0.25, 0.3) is 0 Å². The lowest BCUT2D eigenvalue weighted by Gasteiger charge is -2.27. The Kier molecular flexibility index (Phi) is 3.16. The Hall–Kier alpha value is -1.26. The minimum Gasteiger partial charge on any atom is -0.490 e. The van der Waals surface area contributed by atoms with Gasteiger partial charge in [0.15, 0.2) is 0 Å². The zero-order valence-corrected chi connectivity index (χ0v) is 9.95. The molecule has 0 unspecified atom stereocenters. The molecule has 1 fully saturated rings. The highest BCUT2D eigenvalue weighted by molar-refractivity contribution is 5.59. The third kappa shape index (κ3) is 2.53. The van der Waals surface area contributed by atoms with Gasteiger partial charge < -0.3 is 14.8 Å². The Morgan fingerprint density at radius 1 is 1.18 bits per heavy atom. The molecule has 1 N–H and O–H groups in total. The van der Waals surface area contributed by atoms with Crippen LogP contribution >= 0.6 is 0 Å². The average Bonchev–Trinajstić information content (AvgIpc) is 2.40. The van der Waals surface area contributed by atoms with Crippen molar-refractivity contribution < 1.29 is 9.47 Å². The van der Waals surface area contributed by atoms with Crippen LogP contribution in [0.1, 0.15) is 5.56 Å². The van der Waals surface area contributed by atoms with Gasteiger partial charge in [0.2, 0.25) is 0 Å². The van der Waals surface area contributed by atoms with Crippen molar-refractivity contribution in [2.24, 2.45) is 0 Å². The van der Waals surface area contributed by atoms with Crippen LogP contribution in [0, 0.1) is 0 Å². The van der Waals surface area contributed by atoms with Gasteiger partial charge in [-0.3, -0.25) is 4.90 Å². The molecule has 0 amide bonds. The van der Waals surface area contributed by atoms with E-state index in [1.54, 1.807) is 0 Å². The van der Waals surface area contributed by atoms with E-state index in [1.807, 2.05) is 0 Å². The van der Waals surface area contributed by atoms with Crippen LogP contribution in [0.5, 0.6) is 5.75 Å². The second-order valence-electron chi connectivity index (χ2n) is 4.49. The maximum absolute atomic E-state index is 5.57. The second kappa shape index (κ2) is 4.94. The Morgan fingerprint density at radius 2 is 2.06 bits per heavy atom. The summed E-state index contributed by atoms with van der Waals surface area (Å²) >= 11 is 0. The monoisotopic (exact) mass is 234 g/mol. The Labute approximate surface area is 102 Å². The van der Waals surface area contributed by atoms with Crippen LogP contribution in [-0.2, 0) is 11.3 Å². The summed E-state index contributed by atoms with van der Waals surface area (Å²) in [5.74, 6) is 0.974. The summed E-state index contributed by atoms with van der Waals surface area (Å²) in [5, 5.41) is 3.37. The normalized spacial score (nSPS) is 20.2. The standard InChI is InChI=1S/C13H18N2O2/c1-2-13-12(14-3-6-17-13)9-11(1)10-15-4-7-16-8-5-15/h1-2,9,14H,3-8,10H2. The van der Waals surface area contributed by atoms with Crippen LogP contribution in [0.2, 0.25) is 0 Å². The zero-order valence-electron chi connectivity index (χ0n) is 9.95. The Morgan fingerprint density at radius 3 is 2.94 bits per heavy atom. The van der Waals surface area contributed by atoms with Crippen LogP contribution in [0.3, 0.4) is 0 Å². The van der Waals surface area contributed by atoms with E-state index < -0.39 is 0 Å². The molecule has 1 saturated heterocycles. The second-order valence-corrected chi connectivity index (χ2v) is 4.49. The molecule has 0 aliphatic carbocycles. The highest BCUT2D eigenvalue weighted by atomic mass is 16.5. The van der Waals surface area contributed by atoms with E-state index in [-0.39, 0.29) is 0 Å². The van der Waals surface area contributed by atoms with Crippen molar-refractivity contribution in [1.29, 1.82) is 0 Å². The SMILES string of the molecule is c1cc2c(cc1CN1CCOCC1)NCCO2. The average molecular weight is 234 g/mol. The van der Waals surface area contributed by atoms with Gasteiger partial charge in [-0.05, 0) is 17.7 Å². The number of anilines is 1. The number of ether oxygens (including phenoxy) is 2.